The van der Waals surface area contributed by atoms with Crippen molar-refractivity contribution < 1.29 is 4.79 Å². The number of piperidine rings is 1. The number of nitrogens with zero attached hydrogens (tertiary/aromatic N) is 1. The predicted molar refractivity (Wildman–Crippen MR) is 68.5 cm³/mol. The van der Waals surface area contributed by atoms with Crippen LogP contribution < -0.4 is 16.4 Å². The summed E-state index contributed by atoms with van der Waals surface area (Å²) in [7, 11) is 0. The number of hydrogen-bond acceptors (Lipinski definition) is 3. The van der Waals surface area contributed by atoms with Gasteiger partial charge in [0.1, 0.15) is 0 Å². The SMILES string of the molecule is NCc1ccc(N2CCC(C(N)=O)CC2)cc1. The van der Waals surface area contributed by atoms with Crippen LogP contribution in [0.1, 0.15) is 18.4 Å². The lowest BCUT2D eigenvalue weighted by Gasteiger charge is -2.32. The first-order valence-electron chi connectivity index (χ1n) is 6.04. The van der Waals surface area contributed by atoms with Gasteiger partial charge < -0.3 is 16.4 Å². The van der Waals surface area contributed by atoms with Crippen LogP contribution in [-0.2, 0) is 11.3 Å². The van der Waals surface area contributed by atoms with Gasteiger partial charge in [-0.05, 0) is 30.5 Å². The first kappa shape index (κ1) is 11.9. The van der Waals surface area contributed by atoms with E-state index in [0.717, 1.165) is 31.5 Å². The summed E-state index contributed by atoms with van der Waals surface area (Å²) in [6.45, 7) is 2.37. The molecule has 0 bridgehead atoms. The summed E-state index contributed by atoms with van der Waals surface area (Å²) in [5, 5.41) is 0. The van der Waals surface area contributed by atoms with Gasteiger partial charge in [-0.1, -0.05) is 12.1 Å². The van der Waals surface area contributed by atoms with E-state index in [1.54, 1.807) is 0 Å². The molecular weight excluding hydrogens is 214 g/mol. The van der Waals surface area contributed by atoms with Crippen molar-refractivity contribution in [3.8, 4) is 0 Å². The molecule has 1 aromatic carbocycles. The van der Waals surface area contributed by atoms with Crippen molar-refractivity contribution >= 4 is 11.6 Å². The topological polar surface area (TPSA) is 72.3 Å². The highest BCUT2D eigenvalue weighted by Gasteiger charge is 2.22. The highest BCUT2D eigenvalue weighted by Crippen LogP contribution is 2.23. The maximum absolute atomic E-state index is 11.1. The van der Waals surface area contributed by atoms with Crippen LogP contribution in [0.2, 0.25) is 0 Å². The van der Waals surface area contributed by atoms with Crippen molar-refractivity contribution in [1.82, 2.24) is 0 Å². The lowest BCUT2D eigenvalue weighted by Crippen LogP contribution is -2.38. The van der Waals surface area contributed by atoms with E-state index >= 15 is 0 Å². The maximum Gasteiger partial charge on any atom is 0.220 e. The van der Waals surface area contributed by atoms with Gasteiger partial charge in [-0.15, -0.1) is 0 Å². The van der Waals surface area contributed by atoms with Gasteiger partial charge >= 0.3 is 0 Å². The molecule has 2 rings (SSSR count). The summed E-state index contributed by atoms with van der Waals surface area (Å²) in [5.74, 6) is -0.113. The zero-order valence-electron chi connectivity index (χ0n) is 9.93. The second-order valence-electron chi connectivity index (χ2n) is 4.53. The first-order valence-corrected chi connectivity index (χ1v) is 6.04. The molecule has 4 heteroatoms. The molecule has 1 aliphatic heterocycles. The van der Waals surface area contributed by atoms with Gasteiger partial charge in [0.25, 0.3) is 0 Å². The third-order valence-corrected chi connectivity index (χ3v) is 3.43. The second-order valence-corrected chi connectivity index (χ2v) is 4.53. The van der Waals surface area contributed by atoms with Crippen LogP contribution in [0.4, 0.5) is 5.69 Å². The van der Waals surface area contributed by atoms with E-state index in [0.29, 0.717) is 6.54 Å². The summed E-state index contributed by atoms with van der Waals surface area (Å²) in [5.41, 5.74) is 13.2. The Labute approximate surface area is 102 Å². The normalized spacial score (nSPS) is 17.1. The number of carbonyl (C=O) groups excluding carboxylic acids is 1. The lowest BCUT2D eigenvalue weighted by atomic mass is 9.96. The number of amides is 1. The molecule has 0 aromatic heterocycles. The molecule has 0 saturated carbocycles. The lowest BCUT2D eigenvalue weighted by molar-refractivity contribution is -0.122. The average molecular weight is 233 g/mol. The van der Waals surface area contributed by atoms with Crippen LogP contribution in [0.5, 0.6) is 0 Å². The molecule has 0 spiro atoms. The smallest absolute Gasteiger partial charge is 0.220 e. The summed E-state index contributed by atoms with van der Waals surface area (Å²) >= 11 is 0. The highest BCUT2D eigenvalue weighted by molar-refractivity contribution is 5.77. The fourth-order valence-electron chi connectivity index (χ4n) is 2.27. The van der Waals surface area contributed by atoms with Crippen LogP contribution in [0, 0.1) is 5.92 Å². The van der Waals surface area contributed by atoms with Gasteiger partial charge in [-0.2, -0.15) is 0 Å². The van der Waals surface area contributed by atoms with Crippen LogP contribution >= 0.6 is 0 Å². The minimum atomic E-state index is -0.164. The zero-order chi connectivity index (χ0) is 12.3. The molecule has 17 heavy (non-hydrogen) atoms. The second kappa shape index (κ2) is 5.19. The van der Waals surface area contributed by atoms with Gasteiger partial charge in [0.2, 0.25) is 5.91 Å². The number of anilines is 1. The van der Waals surface area contributed by atoms with Crippen molar-refractivity contribution in [2.45, 2.75) is 19.4 Å². The fourth-order valence-corrected chi connectivity index (χ4v) is 2.27. The van der Waals surface area contributed by atoms with Crippen LogP contribution in [0.3, 0.4) is 0 Å². The fraction of sp³-hybridized carbons (Fsp3) is 0.462. The van der Waals surface area contributed by atoms with Crippen LogP contribution in [-0.4, -0.2) is 19.0 Å². The number of benzene rings is 1. The van der Waals surface area contributed by atoms with Crippen molar-refractivity contribution in [2.24, 2.45) is 17.4 Å². The molecule has 4 N–H and O–H groups in total. The largest absolute Gasteiger partial charge is 0.371 e. The van der Waals surface area contributed by atoms with E-state index < -0.39 is 0 Å². The van der Waals surface area contributed by atoms with Gasteiger partial charge in [-0.3, -0.25) is 4.79 Å². The van der Waals surface area contributed by atoms with Crippen molar-refractivity contribution in [1.29, 1.82) is 0 Å². The average Bonchev–Trinajstić information content (AvgIpc) is 2.39. The Morgan fingerprint density at radius 1 is 1.24 bits per heavy atom. The number of rotatable bonds is 3. The molecule has 92 valence electrons. The molecule has 0 aliphatic carbocycles. The van der Waals surface area contributed by atoms with Crippen molar-refractivity contribution in [2.75, 3.05) is 18.0 Å². The van der Waals surface area contributed by atoms with Gasteiger partial charge in [0, 0.05) is 31.2 Å². The summed E-state index contributed by atoms with van der Waals surface area (Å²) in [6.07, 6.45) is 1.71. The molecule has 0 atom stereocenters. The Morgan fingerprint density at radius 2 is 1.82 bits per heavy atom. The van der Waals surface area contributed by atoms with Crippen LogP contribution in [0.25, 0.3) is 0 Å². The Kier molecular flexibility index (Phi) is 3.64. The van der Waals surface area contributed by atoms with Gasteiger partial charge in [0.05, 0.1) is 0 Å². The molecular formula is C13H19N3O. The summed E-state index contributed by atoms with van der Waals surface area (Å²) in [4.78, 5) is 13.4. The number of primary amides is 1. The molecule has 4 nitrogen and oxygen atoms in total. The quantitative estimate of drug-likeness (QED) is 0.813. The summed E-state index contributed by atoms with van der Waals surface area (Å²) in [6, 6.07) is 8.28. The zero-order valence-corrected chi connectivity index (χ0v) is 9.93. The van der Waals surface area contributed by atoms with Crippen molar-refractivity contribution in [3.63, 3.8) is 0 Å². The molecule has 1 saturated heterocycles. The van der Waals surface area contributed by atoms with E-state index in [2.05, 4.69) is 29.2 Å². The third kappa shape index (κ3) is 2.77. The molecule has 0 unspecified atom stereocenters. The van der Waals surface area contributed by atoms with E-state index in [1.165, 1.54) is 5.69 Å². The Hall–Kier alpha value is -1.55. The molecule has 1 fully saturated rings. The minimum absolute atomic E-state index is 0.0505. The third-order valence-electron chi connectivity index (χ3n) is 3.43. The highest BCUT2D eigenvalue weighted by atomic mass is 16.1. The van der Waals surface area contributed by atoms with E-state index in [1.807, 2.05) is 0 Å². The number of hydrogen-bond donors (Lipinski definition) is 2. The Balaban J connectivity index is 1.97. The molecule has 1 amide bonds. The molecule has 1 aromatic rings. The number of carbonyl (C=O) groups is 1. The minimum Gasteiger partial charge on any atom is -0.371 e. The molecule has 1 heterocycles. The maximum atomic E-state index is 11.1. The standard InChI is InChI=1S/C13H19N3O/c14-9-10-1-3-12(4-2-10)16-7-5-11(6-8-16)13(15)17/h1-4,11H,5-9,14H2,(H2,15,17). The molecule has 1 aliphatic rings. The Morgan fingerprint density at radius 3 is 2.29 bits per heavy atom. The monoisotopic (exact) mass is 233 g/mol. The van der Waals surface area contributed by atoms with Gasteiger partial charge in [-0.25, -0.2) is 0 Å². The predicted octanol–water partition coefficient (Wildman–Crippen LogP) is 0.847. The number of nitrogens with two attached hydrogens (primary N) is 2. The van der Waals surface area contributed by atoms with E-state index in [4.69, 9.17) is 11.5 Å². The van der Waals surface area contributed by atoms with Gasteiger partial charge in [0.15, 0.2) is 0 Å². The Bertz CT molecular complexity index is 380. The van der Waals surface area contributed by atoms with Crippen LogP contribution in [0.15, 0.2) is 24.3 Å². The molecule has 0 radical (unpaired) electrons. The van der Waals surface area contributed by atoms with Crippen molar-refractivity contribution in [3.05, 3.63) is 29.8 Å². The first-order chi connectivity index (χ1) is 8.20. The van der Waals surface area contributed by atoms with E-state index in [9.17, 15) is 4.79 Å². The van der Waals surface area contributed by atoms with E-state index in [-0.39, 0.29) is 11.8 Å². The summed E-state index contributed by atoms with van der Waals surface area (Å²) < 4.78 is 0.